The SMILES string of the molecule is CNC1CCCc2c1ccc(=O)n2CC1CCCCC1. The molecule has 3 nitrogen and oxygen atoms in total. The van der Waals surface area contributed by atoms with Gasteiger partial charge in [-0.2, -0.15) is 0 Å². The molecule has 2 aliphatic carbocycles. The molecule has 0 radical (unpaired) electrons. The van der Waals surface area contributed by atoms with Gasteiger partial charge in [-0.3, -0.25) is 4.79 Å². The number of hydrogen-bond donors (Lipinski definition) is 1. The van der Waals surface area contributed by atoms with Gasteiger partial charge in [0.1, 0.15) is 0 Å². The molecule has 20 heavy (non-hydrogen) atoms. The third kappa shape index (κ3) is 2.69. The van der Waals surface area contributed by atoms with Gasteiger partial charge in [0.05, 0.1) is 0 Å². The first-order chi connectivity index (χ1) is 9.79. The van der Waals surface area contributed by atoms with Crippen LogP contribution in [-0.4, -0.2) is 11.6 Å². The molecule has 2 aliphatic rings. The van der Waals surface area contributed by atoms with Crippen molar-refractivity contribution in [3.05, 3.63) is 33.7 Å². The number of rotatable bonds is 3. The van der Waals surface area contributed by atoms with Crippen LogP contribution in [-0.2, 0) is 13.0 Å². The second kappa shape index (κ2) is 6.13. The summed E-state index contributed by atoms with van der Waals surface area (Å²) in [6.45, 7) is 0.943. The summed E-state index contributed by atoms with van der Waals surface area (Å²) in [5.41, 5.74) is 2.86. The third-order valence-corrected chi connectivity index (χ3v) is 5.13. The van der Waals surface area contributed by atoms with Crippen molar-refractivity contribution in [2.24, 2.45) is 5.92 Å². The fraction of sp³-hybridized carbons (Fsp3) is 0.706. The molecular formula is C17H26N2O. The molecule has 0 aliphatic heterocycles. The molecule has 0 amide bonds. The maximum atomic E-state index is 12.3. The molecule has 1 saturated carbocycles. The Bertz CT molecular complexity index is 514. The normalized spacial score (nSPS) is 23.6. The molecule has 1 unspecified atom stereocenters. The molecule has 3 rings (SSSR count). The molecule has 0 spiro atoms. The number of nitrogens with zero attached hydrogens (tertiary/aromatic N) is 1. The maximum Gasteiger partial charge on any atom is 0.250 e. The number of hydrogen-bond acceptors (Lipinski definition) is 2. The molecule has 1 N–H and O–H groups in total. The van der Waals surface area contributed by atoms with Gasteiger partial charge < -0.3 is 9.88 Å². The molecular weight excluding hydrogens is 248 g/mol. The minimum Gasteiger partial charge on any atom is -0.313 e. The van der Waals surface area contributed by atoms with Crippen LogP contribution in [0.3, 0.4) is 0 Å². The number of aromatic nitrogens is 1. The molecule has 1 heterocycles. The van der Waals surface area contributed by atoms with E-state index in [0.717, 1.165) is 13.0 Å². The number of fused-ring (bicyclic) bond motifs is 1. The van der Waals surface area contributed by atoms with Crippen LogP contribution < -0.4 is 10.9 Å². The van der Waals surface area contributed by atoms with Gasteiger partial charge in [0.2, 0.25) is 0 Å². The van der Waals surface area contributed by atoms with Crippen molar-refractivity contribution in [3.63, 3.8) is 0 Å². The standard InChI is InChI=1S/C17H26N2O/c1-18-15-8-5-9-16-14(15)10-11-17(20)19(16)12-13-6-3-2-4-7-13/h10-11,13,15,18H,2-9,12H2,1H3. The third-order valence-electron chi connectivity index (χ3n) is 5.13. The topological polar surface area (TPSA) is 34.0 Å². The van der Waals surface area contributed by atoms with Gasteiger partial charge in [-0.25, -0.2) is 0 Å². The lowest BCUT2D eigenvalue weighted by atomic mass is 9.87. The van der Waals surface area contributed by atoms with Crippen molar-refractivity contribution in [2.45, 2.75) is 64.0 Å². The summed E-state index contributed by atoms with van der Waals surface area (Å²) in [4.78, 5) is 12.3. The molecule has 0 saturated heterocycles. The smallest absolute Gasteiger partial charge is 0.250 e. The summed E-state index contributed by atoms with van der Waals surface area (Å²) in [6.07, 6.45) is 10.1. The summed E-state index contributed by atoms with van der Waals surface area (Å²) in [5.74, 6) is 0.711. The Morgan fingerprint density at radius 3 is 2.70 bits per heavy atom. The molecule has 1 aromatic heterocycles. The Labute approximate surface area is 121 Å². The zero-order valence-corrected chi connectivity index (χ0v) is 12.5. The van der Waals surface area contributed by atoms with Crippen molar-refractivity contribution in [3.8, 4) is 0 Å². The van der Waals surface area contributed by atoms with Crippen LogP contribution in [0.2, 0.25) is 0 Å². The first-order valence-electron chi connectivity index (χ1n) is 8.19. The maximum absolute atomic E-state index is 12.3. The predicted octanol–water partition coefficient (Wildman–Crippen LogP) is 3.03. The van der Waals surface area contributed by atoms with Gasteiger partial charge in [0.15, 0.2) is 0 Å². The van der Waals surface area contributed by atoms with E-state index in [2.05, 4.69) is 16.0 Å². The molecule has 3 heteroatoms. The van der Waals surface area contributed by atoms with Gasteiger partial charge >= 0.3 is 0 Å². The van der Waals surface area contributed by atoms with Crippen LogP contribution in [0.1, 0.15) is 62.2 Å². The summed E-state index contributed by atoms with van der Waals surface area (Å²) in [7, 11) is 2.02. The average molecular weight is 274 g/mol. The molecule has 1 fully saturated rings. The fourth-order valence-electron chi connectivity index (χ4n) is 3.99. The zero-order chi connectivity index (χ0) is 13.9. The lowest BCUT2D eigenvalue weighted by Crippen LogP contribution is -2.32. The summed E-state index contributed by atoms with van der Waals surface area (Å²) >= 11 is 0. The number of nitrogens with one attached hydrogen (secondary N) is 1. The minimum atomic E-state index is 0.200. The van der Waals surface area contributed by atoms with Crippen molar-refractivity contribution in [2.75, 3.05) is 7.05 Å². The molecule has 0 bridgehead atoms. The Balaban J connectivity index is 1.91. The van der Waals surface area contributed by atoms with E-state index in [9.17, 15) is 4.79 Å². The van der Waals surface area contributed by atoms with Crippen molar-refractivity contribution >= 4 is 0 Å². The highest BCUT2D eigenvalue weighted by Gasteiger charge is 2.23. The van der Waals surface area contributed by atoms with Gasteiger partial charge in [0.25, 0.3) is 5.56 Å². The largest absolute Gasteiger partial charge is 0.313 e. The number of pyridine rings is 1. The molecule has 110 valence electrons. The zero-order valence-electron chi connectivity index (χ0n) is 12.5. The van der Waals surface area contributed by atoms with Gasteiger partial charge in [-0.15, -0.1) is 0 Å². The van der Waals surface area contributed by atoms with Crippen LogP contribution in [0.5, 0.6) is 0 Å². The van der Waals surface area contributed by atoms with Crippen molar-refractivity contribution in [1.82, 2.24) is 9.88 Å². The Morgan fingerprint density at radius 1 is 1.15 bits per heavy atom. The van der Waals surface area contributed by atoms with Gasteiger partial charge in [-0.05, 0) is 50.6 Å². The Hall–Kier alpha value is -1.09. The van der Waals surface area contributed by atoms with E-state index in [-0.39, 0.29) is 5.56 Å². The van der Waals surface area contributed by atoms with Gasteiger partial charge in [-0.1, -0.05) is 25.3 Å². The summed E-state index contributed by atoms with van der Waals surface area (Å²) < 4.78 is 2.09. The van der Waals surface area contributed by atoms with Gasteiger partial charge in [0, 0.05) is 24.3 Å². The van der Waals surface area contributed by atoms with E-state index in [1.54, 1.807) is 6.07 Å². The van der Waals surface area contributed by atoms with Crippen LogP contribution in [0, 0.1) is 5.92 Å². The van der Waals surface area contributed by atoms with Crippen LogP contribution in [0.15, 0.2) is 16.9 Å². The highest BCUT2D eigenvalue weighted by atomic mass is 16.1. The van der Waals surface area contributed by atoms with E-state index < -0.39 is 0 Å². The first kappa shape index (κ1) is 13.9. The predicted molar refractivity (Wildman–Crippen MR) is 82.0 cm³/mol. The van der Waals surface area contributed by atoms with Crippen LogP contribution >= 0.6 is 0 Å². The summed E-state index contributed by atoms with van der Waals surface area (Å²) in [5, 5.41) is 3.40. The van der Waals surface area contributed by atoms with E-state index in [1.807, 2.05) is 7.05 Å². The second-order valence-corrected chi connectivity index (χ2v) is 6.42. The molecule has 1 atom stereocenters. The Morgan fingerprint density at radius 2 is 1.95 bits per heavy atom. The van der Waals surface area contributed by atoms with Crippen LogP contribution in [0.4, 0.5) is 0 Å². The van der Waals surface area contributed by atoms with E-state index in [0.29, 0.717) is 12.0 Å². The molecule has 0 aromatic carbocycles. The monoisotopic (exact) mass is 274 g/mol. The fourth-order valence-corrected chi connectivity index (χ4v) is 3.99. The quantitative estimate of drug-likeness (QED) is 0.919. The molecule has 1 aromatic rings. The minimum absolute atomic E-state index is 0.200. The van der Waals surface area contributed by atoms with E-state index >= 15 is 0 Å². The van der Waals surface area contributed by atoms with Crippen LogP contribution in [0.25, 0.3) is 0 Å². The first-order valence-corrected chi connectivity index (χ1v) is 8.19. The lowest BCUT2D eigenvalue weighted by molar-refractivity contribution is 0.309. The van der Waals surface area contributed by atoms with E-state index in [1.165, 1.54) is 56.2 Å². The average Bonchev–Trinajstić information content (AvgIpc) is 2.50. The highest BCUT2D eigenvalue weighted by molar-refractivity contribution is 5.27. The Kier molecular flexibility index (Phi) is 4.25. The summed E-state index contributed by atoms with van der Waals surface area (Å²) in [6, 6.07) is 4.25. The van der Waals surface area contributed by atoms with E-state index in [4.69, 9.17) is 0 Å². The second-order valence-electron chi connectivity index (χ2n) is 6.42. The van der Waals surface area contributed by atoms with Crippen molar-refractivity contribution < 1.29 is 0 Å². The van der Waals surface area contributed by atoms with Crippen molar-refractivity contribution in [1.29, 1.82) is 0 Å². The highest BCUT2D eigenvalue weighted by Crippen LogP contribution is 2.30. The lowest BCUT2D eigenvalue weighted by Gasteiger charge is -2.30.